The number of nitrogens with one attached hydrogen (secondary N) is 1. The van der Waals surface area contributed by atoms with E-state index in [0.717, 1.165) is 26.1 Å². The molecule has 3 N–H and O–H groups in total. The molecule has 16 heavy (non-hydrogen) atoms. The van der Waals surface area contributed by atoms with Gasteiger partial charge in [0.2, 0.25) is 0 Å². The summed E-state index contributed by atoms with van der Waals surface area (Å²) in [5, 5.41) is 3.45. The predicted molar refractivity (Wildman–Crippen MR) is 66.5 cm³/mol. The van der Waals surface area contributed by atoms with Crippen LogP contribution in [0.15, 0.2) is 0 Å². The Balaban J connectivity index is 1.66. The molecule has 0 radical (unpaired) electrons. The van der Waals surface area contributed by atoms with Gasteiger partial charge in [0.25, 0.3) is 0 Å². The molecule has 1 heterocycles. The van der Waals surface area contributed by atoms with Gasteiger partial charge in [0, 0.05) is 6.54 Å². The summed E-state index contributed by atoms with van der Waals surface area (Å²) in [6, 6.07) is 0. The average Bonchev–Trinajstić information content (AvgIpc) is 2.69. The van der Waals surface area contributed by atoms with Crippen molar-refractivity contribution >= 4 is 0 Å². The predicted octanol–water partition coefficient (Wildman–Crippen LogP) is 1.81. The van der Waals surface area contributed by atoms with E-state index in [-0.39, 0.29) is 5.60 Å². The van der Waals surface area contributed by atoms with E-state index in [9.17, 15) is 0 Å². The Morgan fingerprint density at radius 1 is 1.19 bits per heavy atom. The van der Waals surface area contributed by atoms with E-state index in [2.05, 4.69) is 5.32 Å². The third-order valence-corrected chi connectivity index (χ3v) is 4.03. The highest BCUT2D eigenvalue weighted by atomic mass is 16.5. The molecule has 1 spiro atoms. The van der Waals surface area contributed by atoms with Crippen LogP contribution in [0.2, 0.25) is 0 Å². The minimum atomic E-state index is 0.276. The lowest BCUT2D eigenvalue weighted by Gasteiger charge is -2.33. The Hall–Kier alpha value is -0.120. The first-order chi connectivity index (χ1) is 7.85. The van der Waals surface area contributed by atoms with Gasteiger partial charge in [0.1, 0.15) is 0 Å². The third kappa shape index (κ3) is 3.19. The zero-order chi connectivity index (χ0) is 11.3. The number of hydrogen-bond donors (Lipinski definition) is 2. The minimum Gasteiger partial charge on any atom is -0.370 e. The molecule has 2 rings (SSSR count). The highest BCUT2D eigenvalue weighted by Gasteiger charge is 2.40. The molecule has 0 aromatic carbocycles. The van der Waals surface area contributed by atoms with Gasteiger partial charge in [-0.05, 0) is 45.2 Å². The van der Waals surface area contributed by atoms with E-state index in [0.29, 0.717) is 6.10 Å². The second-order valence-corrected chi connectivity index (χ2v) is 5.37. The summed E-state index contributed by atoms with van der Waals surface area (Å²) in [6.07, 6.45) is 10.8. The Bertz CT molecular complexity index is 202. The van der Waals surface area contributed by atoms with Crippen LogP contribution in [0, 0.1) is 0 Å². The van der Waals surface area contributed by atoms with E-state index in [4.69, 9.17) is 10.5 Å². The van der Waals surface area contributed by atoms with E-state index in [1.165, 1.54) is 44.9 Å². The topological polar surface area (TPSA) is 47.3 Å². The van der Waals surface area contributed by atoms with Gasteiger partial charge in [-0.1, -0.05) is 19.3 Å². The van der Waals surface area contributed by atoms with Crippen LogP contribution in [0.1, 0.15) is 51.4 Å². The first kappa shape index (κ1) is 12.3. The molecule has 1 atom stereocenters. The Labute approximate surface area is 99.1 Å². The lowest BCUT2D eigenvalue weighted by atomic mass is 9.83. The summed E-state index contributed by atoms with van der Waals surface area (Å²) in [6.45, 7) is 2.83. The molecule has 0 bridgehead atoms. The van der Waals surface area contributed by atoms with E-state index in [1.54, 1.807) is 0 Å². The Morgan fingerprint density at radius 2 is 2.00 bits per heavy atom. The van der Waals surface area contributed by atoms with Gasteiger partial charge in [0.15, 0.2) is 0 Å². The molecule has 1 aliphatic carbocycles. The SMILES string of the molecule is NCCCNCC1CCC2(CCCCC2)O1. The second kappa shape index (κ2) is 5.99. The van der Waals surface area contributed by atoms with Gasteiger partial charge in [-0.15, -0.1) is 0 Å². The summed E-state index contributed by atoms with van der Waals surface area (Å²) in [4.78, 5) is 0. The van der Waals surface area contributed by atoms with Crippen molar-refractivity contribution in [3.63, 3.8) is 0 Å². The molecule has 94 valence electrons. The number of rotatable bonds is 5. The number of hydrogen-bond acceptors (Lipinski definition) is 3. The van der Waals surface area contributed by atoms with Crippen molar-refractivity contribution in [3.05, 3.63) is 0 Å². The fourth-order valence-corrected chi connectivity index (χ4v) is 3.09. The quantitative estimate of drug-likeness (QED) is 0.703. The maximum Gasteiger partial charge on any atom is 0.0708 e. The molecule has 2 fully saturated rings. The van der Waals surface area contributed by atoms with Gasteiger partial charge >= 0.3 is 0 Å². The minimum absolute atomic E-state index is 0.276. The fraction of sp³-hybridized carbons (Fsp3) is 1.00. The first-order valence-corrected chi connectivity index (χ1v) is 6.93. The van der Waals surface area contributed by atoms with Crippen LogP contribution in [-0.2, 0) is 4.74 Å². The van der Waals surface area contributed by atoms with Crippen LogP contribution in [0.5, 0.6) is 0 Å². The van der Waals surface area contributed by atoms with Gasteiger partial charge in [-0.2, -0.15) is 0 Å². The van der Waals surface area contributed by atoms with Crippen LogP contribution < -0.4 is 11.1 Å². The molecule has 2 aliphatic rings. The Kier molecular flexibility index (Phi) is 4.62. The van der Waals surface area contributed by atoms with Gasteiger partial charge < -0.3 is 15.8 Å². The summed E-state index contributed by atoms with van der Waals surface area (Å²) in [5.74, 6) is 0. The highest BCUT2D eigenvalue weighted by molar-refractivity contribution is 4.91. The first-order valence-electron chi connectivity index (χ1n) is 6.93. The molecule has 1 saturated heterocycles. The molecule has 1 saturated carbocycles. The van der Waals surface area contributed by atoms with E-state index < -0.39 is 0 Å². The van der Waals surface area contributed by atoms with E-state index >= 15 is 0 Å². The van der Waals surface area contributed by atoms with Crippen LogP contribution in [0.25, 0.3) is 0 Å². The molecule has 3 heteroatoms. The maximum atomic E-state index is 6.28. The molecule has 1 aliphatic heterocycles. The largest absolute Gasteiger partial charge is 0.370 e. The lowest BCUT2D eigenvalue weighted by Crippen LogP contribution is -2.35. The molecule has 1 unspecified atom stereocenters. The van der Waals surface area contributed by atoms with Crippen molar-refractivity contribution in [2.24, 2.45) is 5.73 Å². The molecule has 3 nitrogen and oxygen atoms in total. The summed E-state index contributed by atoms with van der Waals surface area (Å²) in [5.41, 5.74) is 5.74. The Morgan fingerprint density at radius 3 is 2.75 bits per heavy atom. The molecule has 0 aromatic heterocycles. The average molecular weight is 226 g/mol. The van der Waals surface area contributed by atoms with Crippen molar-refractivity contribution in [2.45, 2.75) is 63.1 Å². The fourth-order valence-electron chi connectivity index (χ4n) is 3.09. The number of nitrogens with two attached hydrogens (primary N) is 1. The maximum absolute atomic E-state index is 6.28. The molecule has 0 amide bonds. The monoisotopic (exact) mass is 226 g/mol. The van der Waals surface area contributed by atoms with Crippen LogP contribution in [-0.4, -0.2) is 31.3 Å². The zero-order valence-corrected chi connectivity index (χ0v) is 10.3. The lowest BCUT2D eigenvalue weighted by molar-refractivity contribution is -0.0622. The standard InChI is InChI=1S/C13H26N2O/c14-9-4-10-15-11-12-5-8-13(16-12)6-2-1-3-7-13/h12,15H,1-11,14H2. The van der Waals surface area contributed by atoms with Crippen LogP contribution in [0.3, 0.4) is 0 Å². The molecular weight excluding hydrogens is 200 g/mol. The summed E-state index contributed by atoms with van der Waals surface area (Å²) >= 11 is 0. The van der Waals surface area contributed by atoms with Crippen molar-refractivity contribution in [2.75, 3.05) is 19.6 Å². The second-order valence-electron chi connectivity index (χ2n) is 5.37. The third-order valence-electron chi connectivity index (χ3n) is 4.03. The van der Waals surface area contributed by atoms with E-state index in [1.807, 2.05) is 0 Å². The summed E-state index contributed by atoms with van der Waals surface area (Å²) < 4.78 is 6.28. The van der Waals surface area contributed by atoms with Gasteiger partial charge in [0.05, 0.1) is 11.7 Å². The highest BCUT2D eigenvalue weighted by Crippen LogP contribution is 2.41. The van der Waals surface area contributed by atoms with Gasteiger partial charge in [-0.25, -0.2) is 0 Å². The van der Waals surface area contributed by atoms with Crippen molar-refractivity contribution in [3.8, 4) is 0 Å². The van der Waals surface area contributed by atoms with Crippen molar-refractivity contribution in [1.29, 1.82) is 0 Å². The smallest absolute Gasteiger partial charge is 0.0708 e. The van der Waals surface area contributed by atoms with Crippen molar-refractivity contribution in [1.82, 2.24) is 5.32 Å². The normalized spacial score (nSPS) is 28.7. The van der Waals surface area contributed by atoms with Crippen molar-refractivity contribution < 1.29 is 4.74 Å². The summed E-state index contributed by atoms with van der Waals surface area (Å²) in [7, 11) is 0. The van der Waals surface area contributed by atoms with Gasteiger partial charge in [-0.3, -0.25) is 0 Å². The van der Waals surface area contributed by atoms with Crippen LogP contribution >= 0.6 is 0 Å². The number of ether oxygens (including phenoxy) is 1. The molecular formula is C13H26N2O. The molecule has 0 aromatic rings. The van der Waals surface area contributed by atoms with Crippen LogP contribution in [0.4, 0.5) is 0 Å². The zero-order valence-electron chi connectivity index (χ0n) is 10.3.